The van der Waals surface area contributed by atoms with Crippen molar-refractivity contribution in [2.24, 2.45) is 11.8 Å². The molecule has 0 aliphatic carbocycles. The first-order valence-corrected chi connectivity index (χ1v) is 6.59. The van der Waals surface area contributed by atoms with Gasteiger partial charge in [-0.05, 0) is 0 Å². The molecule has 1 aliphatic heterocycles. The van der Waals surface area contributed by atoms with Crippen molar-refractivity contribution in [2.75, 3.05) is 6.61 Å². The van der Waals surface area contributed by atoms with Crippen LogP contribution in [0.1, 0.15) is 19.8 Å². The molecule has 0 aromatic heterocycles. The van der Waals surface area contributed by atoms with Gasteiger partial charge in [0.05, 0.1) is 18.9 Å². The Kier molecular flexibility index (Phi) is 5.74. The van der Waals surface area contributed by atoms with Crippen molar-refractivity contribution in [1.82, 2.24) is 0 Å². The number of ether oxygens (including phenoxy) is 2. The molecule has 1 fully saturated rings. The Bertz CT molecular complexity index is 370. The van der Waals surface area contributed by atoms with Gasteiger partial charge in [0.1, 0.15) is 11.6 Å². The van der Waals surface area contributed by atoms with Crippen LogP contribution < -0.4 is 0 Å². The van der Waals surface area contributed by atoms with Crippen LogP contribution in [0, 0.1) is 11.8 Å². The van der Waals surface area contributed by atoms with E-state index in [1.807, 2.05) is 0 Å². The van der Waals surface area contributed by atoms with E-state index in [-0.39, 0.29) is 19.4 Å². The van der Waals surface area contributed by atoms with E-state index in [0.717, 1.165) is 0 Å². The highest BCUT2D eigenvalue weighted by molar-refractivity contribution is 9.09. The zero-order chi connectivity index (χ0) is 14.6. The lowest BCUT2D eigenvalue weighted by molar-refractivity contribution is -0.146. The number of carbonyl (C=O) groups is 3. The number of hydrogen-bond donors (Lipinski definition) is 2. The van der Waals surface area contributed by atoms with E-state index in [1.165, 1.54) is 6.92 Å². The Morgan fingerprint density at radius 1 is 1.16 bits per heavy atom. The van der Waals surface area contributed by atoms with Crippen molar-refractivity contribution in [1.29, 1.82) is 0 Å². The fraction of sp³-hybridized carbons (Fsp3) is 0.727. The van der Waals surface area contributed by atoms with Gasteiger partial charge >= 0.3 is 17.9 Å². The first kappa shape index (κ1) is 15.9. The normalized spacial score (nSPS) is 30.0. The summed E-state index contributed by atoms with van der Waals surface area (Å²) in [6.45, 7) is 1.16. The largest absolute Gasteiger partial charge is 0.481 e. The van der Waals surface area contributed by atoms with Gasteiger partial charge in [0.2, 0.25) is 0 Å². The molecule has 0 aromatic carbocycles. The summed E-state index contributed by atoms with van der Waals surface area (Å²) in [5, 5.41) is 17.2. The minimum atomic E-state index is -1.04. The van der Waals surface area contributed by atoms with Gasteiger partial charge < -0.3 is 19.7 Å². The molecule has 1 saturated heterocycles. The van der Waals surface area contributed by atoms with Crippen LogP contribution in [0.5, 0.6) is 0 Å². The van der Waals surface area contributed by atoms with Gasteiger partial charge in [-0.1, -0.05) is 15.9 Å². The number of carboxylic acids is 2. The summed E-state index contributed by atoms with van der Waals surface area (Å²) in [5.74, 6) is -3.56. The summed E-state index contributed by atoms with van der Waals surface area (Å²) >= 11 is 3.19. The van der Waals surface area contributed by atoms with Crippen LogP contribution >= 0.6 is 15.9 Å². The van der Waals surface area contributed by atoms with E-state index in [4.69, 9.17) is 19.7 Å². The van der Waals surface area contributed by atoms with E-state index in [9.17, 15) is 14.4 Å². The van der Waals surface area contributed by atoms with E-state index in [2.05, 4.69) is 15.9 Å². The summed E-state index contributed by atoms with van der Waals surface area (Å²) in [4.78, 5) is 32.4. The first-order chi connectivity index (χ1) is 8.81. The number of hydrogen-bond acceptors (Lipinski definition) is 5. The second-order valence-corrected chi connectivity index (χ2v) is 5.25. The van der Waals surface area contributed by atoms with E-state index in [1.54, 1.807) is 0 Å². The third kappa shape index (κ3) is 4.79. The molecule has 0 saturated carbocycles. The topological polar surface area (TPSA) is 110 Å². The number of carbonyl (C=O) groups excluding carboxylic acids is 1. The average molecular weight is 339 g/mol. The highest BCUT2D eigenvalue weighted by Gasteiger charge is 2.45. The maximum Gasteiger partial charge on any atom is 0.303 e. The van der Waals surface area contributed by atoms with Crippen LogP contribution in [0.15, 0.2) is 0 Å². The van der Waals surface area contributed by atoms with Gasteiger partial charge in [0, 0.05) is 18.8 Å². The second kappa shape index (κ2) is 6.85. The third-order valence-corrected chi connectivity index (χ3v) is 3.84. The molecular formula is C11H15BrO7. The Balaban J connectivity index is 2.76. The van der Waals surface area contributed by atoms with Crippen molar-refractivity contribution in [3.63, 3.8) is 0 Å². The van der Waals surface area contributed by atoms with E-state index in [0.29, 0.717) is 0 Å². The summed E-state index contributed by atoms with van der Waals surface area (Å²) in [7, 11) is 0. The first-order valence-electron chi connectivity index (χ1n) is 5.67. The monoisotopic (exact) mass is 338 g/mol. The van der Waals surface area contributed by atoms with Crippen LogP contribution in [-0.4, -0.2) is 45.8 Å². The molecular weight excluding hydrogens is 324 g/mol. The summed E-state index contributed by atoms with van der Waals surface area (Å²) in [6, 6.07) is 0. The minimum Gasteiger partial charge on any atom is -0.481 e. The quantitative estimate of drug-likeness (QED) is 0.545. The maximum atomic E-state index is 10.9. The fourth-order valence-electron chi connectivity index (χ4n) is 2.13. The van der Waals surface area contributed by atoms with Crippen molar-refractivity contribution >= 4 is 33.8 Å². The molecule has 0 spiro atoms. The molecule has 8 heteroatoms. The maximum absolute atomic E-state index is 10.9. The summed E-state index contributed by atoms with van der Waals surface area (Å²) in [6.07, 6.45) is -1.05. The predicted octanol–water partition coefficient (Wildman–Crippen LogP) is 0.851. The van der Waals surface area contributed by atoms with Gasteiger partial charge in [-0.25, -0.2) is 0 Å². The Morgan fingerprint density at radius 2 is 1.68 bits per heavy atom. The van der Waals surface area contributed by atoms with Crippen LogP contribution in [0.3, 0.4) is 0 Å². The SMILES string of the molecule is CC(=O)OC[C@H]1O[C@@H](Br)[C@H](CC(=O)O)[C@@H]1CC(=O)O. The predicted molar refractivity (Wildman–Crippen MR) is 65.7 cm³/mol. The molecule has 0 radical (unpaired) electrons. The Hall–Kier alpha value is -1.15. The second-order valence-electron chi connectivity index (χ2n) is 4.35. The van der Waals surface area contributed by atoms with Crippen LogP contribution in [0.2, 0.25) is 0 Å². The number of esters is 1. The van der Waals surface area contributed by atoms with Crippen LogP contribution in [0.25, 0.3) is 0 Å². The number of halogens is 1. The van der Waals surface area contributed by atoms with Gasteiger partial charge in [0.25, 0.3) is 0 Å². The average Bonchev–Trinajstić information content (AvgIpc) is 2.53. The van der Waals surface area contributed by atoms with Crippen molar-refractivity contribution in [2.45, 2.75) is 30.9 Å². The molecule has 1 aliphatic rings. The summed E-state index contributed by atoms with van der Waals surface area (Å²) < 4.78 is 10.3. The lowest BCUT2D eigenvalue weighted by atomic mass is 9.86. The number of alkyl halides is 1. The van der Waals surface area contributed by atoms with Crippen LogP contribution in [0.4, 0.5) is 0 Å². The molecule has 2 N–H and O–H groups in total. The summed E-state index contributed by atoms with van der Waals surface area (Å²) in [5.41, 5.74) is 0. The highest BCUT2D eigenvalue weighted by Crippen LogP contribution is 2.40. The zero-order valence-electron chi connectivity index (χ0n) is 10.2. The number of aliphatic carboxylic acids is 2. The molecule has 7 nitrogen and oxygen atoms in total. The molecule has 19 heavy (non-hydrogen) atoms. The van der Waals surface area contributed by atoms with E-state index >= 15 is 0 Å². The fourth-order valence-corrected chi connectivity index (χ4v) is 2.99. The lowest BCUT2D eigenvalue weighted by Gasteiger charge is -2.20. The third-order valence-electron chi connectivity index (χ3n) is 2.94. The van der Waals surface area contributed by atoms with Crippen LogP contribution in [-0.2, 0) is 23.9 Å². The highest BCUT2D eigenvalue weighted by atomic mass is 79.9. The lowest BCUT2D eigenvalue weighted by Crippen LogP contribution is -2.29. The number of rotatable bonds is 6. The van der Waals surface area contributed by atoms with Crippen molar-refractivity contribution in [3.8, 4) is 0 Å². The molecule has 0 aromatic rings. The van der Waals surface area contributed by atoms with Gasteiger partial charge in [-0.2, -0.15) is 0 Å². The van der Waals surface area contributed by atoms with Crippen molar-refractivity contribution < 1.29 is 34.1 Å². The molecule has 108 valence electrons. The minimum absolute atomic E-state index is 0.0779. The van der Waals surface area contributed by atoms with E-state index < -0.39 is 40.9 Å². The molecule has 0 bridgehead atoms. The molecule has 1 heterocycles. The Labute approximate surface area is 118 Å². The molecule has 1 rings (SSSR count). The Morgan fingerprint density at radius 3 is 2.16 bits per heavy atom. The number of carboxylic acid groups (broad SMARTS) is 2. The molecule has 0 amide bonds. The standard InChI is InChI=1S/C11H15BrO7/c1-5(13)18-4-8-6(2-9(14)15)7(3-10(16)17)11(12)19-8/h6-8,11H,2-4H2,1H3,(H,14,15)(H,16,17)/t6-,7+,8+,11+/m0/s1. The van der Waals surface area contributed by atoms with Gasteiger partial charge in [-0.3, -0.25) is 14.4 Å². The molecule has 0 unspecified atom stereocenters. The smallest absolute Gasteiger partial charge is 0.303 e. The van der Waals surface area contributed by atoms with Gasteiger partial charge in [0.15, 0.2) is 0 Å². The van der Waals surface area contributed by atoms with Crippen molar-refractivity contribution in [3.05, 3.63) is 0 Å². The zero-order valence-corrected chi connectivity index (χ0v) is 11.8. The van der Waals surface area contributed by atoms with Gasteiger partial charge in [-0.15, -0.1) is 0 Å². The molecule has 4 atom stereocenters.